The van der Waals surface area contributed by atoms with E-state index in [-0.39, 0.29) is 10.9 Å². The third kappa shape index (κ3) is 4.26. The highest BCUT2D eigenvalue weighted by Crippen LogP contribution is 2.22. The van der Waals surface area contributed by atoms with Crippen molar-refractivity contribution in [3.8, 4) is 0 Å². The number of benzene rings is 1. The van der Waals surface area contributed by atoms with E-state index < -0.39 is 15.8 Å². The number of alkyl halides is 1. The second-order valence-electron chi connectivity index (χ2n) is 4.57. The van der Waals surface area contributed by atoms with Gasteiger partial charge in [0, 0.05) is 11.4 Å². The molecule has 0 aromatic heterocycles. The zero-order chi connectivity index (χ0) is 14.6. The summed E-state index contributed by atoms with van der Waals surface area (Å²) in [6.45, 7) is 5.15. The molecule has 0 saturated carbocycles. The lowest BCUT2D eigenvalue weighted by atomic mass is 10.1. The van der Waals surface area contributed by atoms with Gasteiger partial charge < -0.3 is 0 Å². The molecule has 0 fully saturated rings. The summed E-state index contributed by atoms with van der Waals surface area (Å²) in [5.41, 5.74) is 0.859. The summed E-state index contributed by atoms with van der Waals surface area (Å²) in [7, 11) is -3.61. The topological polar surface area (TPSA) is 46.2 Å². The lowest BCUT2D eigenvalue weighted by Crippen LogP contribution is -2.35. The highest BCUT2D eigenvalue weighted by Gasteiger charge is 2.23. The smallest absolute Gasteiger partial charge is 0.208 e. The summed E-state index contributed by atoms with van der Waals surface area (Å²) in [5, 5.41) is 0.732. The van der Waals surface area contributed by atoms with Gasteiger partial charge in [0.1, 0.15) is 5.82 Å². The van der Waals surface area contributed by atoms with E-state index in [1.165, 1.54) is 12.1 Å². The molecule has 0 spiro atoms. The van der Waals surface area contributed by atoms with Crippen molar-refractivity contribution >= 4 is 26.0 Å². The van der Waals surface area contributed by atoms with Crippen LogP contribution in [0.5, 0.6) is 0 Å². The molecule has 0 bridgehead atoms. The summed E-state index contributed by atoms with van der Waals surface area (Å²) in [5.74, 6) is -0.415. The average molecular weight is 352 g/mol. The Kier molecular flexibility index (Phi) is 5.95. The number of halogens is 2. The van der Waals surface area contributed by atoms with E-state index in [1.807, 2.05) is 6.92 Å². The zero-order valence-electron chi connectivity index (χ0n) is 11.3. The fourth-order valence-electron chi connectivity index (χ4n) is 2.08. The van der Waals surface area contributed by atoms with Crippen LogP contribution in [0.15, 0.2) is 17.0 Å². The first-order chi connectivity index (χ1) is 8.81. The zero-order valence-corrected chi connectivity index (χ0v) is 13.7. The van der Waals surface area contributed by atoms with Gasteiger partial charge in [0.05, 0.1) is 4.90 Å². The van der Waals surface area contributed by atoms with E-state index >= 15 is 0 Å². The highest BCUT2D eigenvalue weighted by atomic mass is 79.9. The number of rotatable bonds is 6. The molecule has 1 N–H and O–H groups in total. The fourth-order valence-corrected chi connectivity index (χ4v) is 4.44. The van der Waals surface area contributed by atoms with Crippen molar-refractivity contribution in [2.24, 2.45) is 0 Å². The first-order valence-corrected chi connectivity index (χ1v) is 8.77. The van der Waals surface area contributed by atoms with Crippen molar-refractivity contribution in [2.75, 3.05) is 5.33 Å². The van der Waals surface area contributed by atoms with Gasteiger partial charge in [-0.3, -0.25) is 0 Å². The molecule has 19 heavy (non-hydrogen) atoms. The van der Waals surface area contributed by atoms with Crippen LogP contribution in [0.2, 0.25) is 0 Å². The van der Waals surface area contributed by atoms with Crippen molar-refractivity contribution in [3.05, 3.63) is 29.1 Å². The Morgan fingerprint density at radius 1 is 1.32 bits per heavy atom. The Balaban J connectivity index is 3.14. The number of nitrogens with one attached hydrogen (secondary N) is 1. The van der Waals surface area contributed by atoms with Gasteiger partial charge in [0.2, 0.25) is 10.0 Å². The van der Waals surface area contributed by atoms with Gasteiger partial charge in [-0.1, -0.05) is 22.9 Å². The van der Waals surface area contributed by atoms with Gasteiger partial charge in [0.15, 0.2) is 0 Å². The quantitative estimate of drug-likeness (QED) is 0.799. The summed E-state index contributed by atoms with van der Waals surface area (Å²) in [4.78, 5) is 0.182. The minimum atomic E-state index is -3.61. The maximum absolute atomic E-state index is 13.2. The molecular formula is C13H19BrFNO2S. The molecule has 0 saturated heterocycles. The standard InChI is InChI=1S/C13H19BrFNO2S/c1-4-12(5-6-14)16-19(17,18)13-9(2)7-11(15)8-10(13)3/h7-8,12,16H,4-6H2,1-3H3. The average Bonchev–Trinajstić information content (AvgIpc) is 2.25. The molecule has 0 aliphatic carbocycles. The van der Waals surface area contributed by atoms with Crippen molar-refractivity contribution in [2.45, 2.75) is 44.6 Å². The second-order valence-corrected chi connectivity index (χ2v) is 7.02. The molecule has 1 unspecified atom stereocenters. The van der Waals surface area contributed by atoms with E-state index in [0.29, 0.717) is 17.5 Å². The summed E-state index contributed by atoms with van der Waals surface area (Å²) in [6, 6.07) is 2.37. The summed E-state index contributed by atoms with van der Waals surface area (Å²) in [6.07, 6.45) is 1.43. The third-order valence-corrected chi connectivity index (χ3v) is 5.25. The normalized spacial score (nSPS) is 13.5. The number of hydrogen-bond acceptors (Lipinski definition) is 2. The van der Waals surface area contributed by atoms with Crippen LogP contribution >= 0.6 is 15.9 Å². The third-order valence-electron chi connectivity index (χ3n) is 2.97. The van der Waals surface area contributed by atoms with Crippen LogP contribution < -0.4 is 4.72 Å². The van der Waals surface area contributed by atoms with Gasteiger partial charge in [-0.25, -0.2) is 17.5 Å². The Bertz CT molecular complexity index is 523. The molecule has 0 aliphatic rings. The lowest BCUT2D eigenvalue weighted by Gasteiger charge is -2.18. The number of hydrogen-bond donors (Lipinski definition) is 1. The van der Waals surface area contributed by atoms with Crippen LogP contribution in [0.4, 0.5) is 4.39 Å². The first-order valence-electron chi connectivity index (χ1n) is 6.16. The van der Waals surface area contributed by atoms with Gasteiger partial charge in [-0.15, -0.1) is 0 Å². The lowest BCUT2D eigenvalue weighted by molar-refractivity contribution is 0.531. The van der Waals surface area contributed by atoms with Gasteiger partial charge in [0.25, 0.3) is 0 Å². The second kappa shape index (κ2) is 6.81. The van der Waals surface area contributed by atoms with E-state index in [0.717, 1.165) is 11.8 Å². The van der Waals surface area contributed by atoms with Crippen LogP contribution in [-0.4, -0.2) is 19.8 Å². The summed E-state index contributed by atoms with van der Waals surface area (Å²) < 4.78 is 40.7. The molecule has 0 aliphatic heterocycles. The SMILES string of the molecule is CCC(CCBr)NS(=O)(=O)c1c(C)cc(F)cc1C. The maximum Gasteiger partial charge on any atom is 0.241 e. The highest BCUT2D eigenvalue weighted by molar-refractivity contribution is 9.09. The van der Waals surface area contributed by atoms with E-state index in [9.17, 15) is 12.8 Å². The van der Waals surface area contributed by atoms with Crippen LogP contribution in [0.1, 0.15) is 30.9 Å². The Morgan fingerprint density at radius 3 is 2.26 bits per heavy atom. The molecule has 0 amide bonds. The van der Waals surface area contributed by atoms with Crippen molar-refractivity contribution < 1.29 is 12.8 Å². The maximum atomic E-state index is 13.2. The number of sulfonamides is 1. The van der Waals surface area contributed by atoms with Crippen molar-refractivity contribution in [3.63, 3.8) is 0 Å². The predicted octanol–water partition coefficient (Wildman–Crippen LogP) is 3.28. The molecule has 0 heterocycles. The fraction of sp³-hybridized carbons (Fsp3) is 0.538. The van der Waals surface area contributed by atoms with Crippen molar-refractivity contribution in [1.82, 2.24) is 4.72 Å². The van der Waals surface area contributed by atoms with Gasteiger partial charge in [-0.2, -0.15) is 0 Å². The van der Waals surface area contributed by atoms with E-state index in [2.05, 4.69) is 20.7 Å². The summed E-state index contributed by atoms with van der Waals surface area (Å²) >= 11 is 3.31. The molecule has 0 radical (unpaired) electrons. The van der Waals surface area contributed by atoms with E-state index in [1.54, 1.807) is 13.8 Å². The number of aryl methyl sites for hydroxylation is 2. The molecule has 3 nitrogen and oxygen atoms in total. The van der Waals surface area contributed by atoms with Crippen molar-refractivity contribution in [1.29, 1.82) is 0 Å². The Morgan fingerprint density at radius 2 is 1.84 bits per heavy atom. The molecule has 1 atom stereocenters. The molecule has 6 heteroatoms. The monoisotopic (exact) mass is 351 g/mol. The van der Waals surface area contributed by atoms with Gasteiger partial charge in [-0.05, 0) is 49.9 Å². The van der Waals surface area contributed by atoms with Crippen LogP contribution in [0.3, 0.4) is 0 Å². The molecule has 108 valence electrons. The minimum absolute atomic E-state index is 0.117. The van der Waals surface area contributed by atoms with Crippen LogP contribution in [-0.2, 0) is 10.0 Å². The van der Waals surface area contributed by atoms with Crippen LogP contribution in [0, 0.1) is 19.7 Å². The van der Waals surface area contributed by atoms with Crippen LogP contribution in [0.25, 0.3) is 0 Å². The molecule has 1 aromatic carbocycles. The molecular weight excluding hydrogens is 333 g/mol. The Labute approximate surface area is 122 Å². The van der Waals surface area contributed by atoms with Gasteiger partial charge >= 0.3 is 0 Å². The molecule has 1 aromatic rings. The minimum Gasteiger partial charge on any atom is -0.208 e. The first kappa shape index (κ1) is 16.6. The predicted molar refractivity (Wildman–Crippen MR) is 78.7 cm³/mol. The molecule has 1 rings (SSSR count). The van der Waals surface area contributed by atoms with E-state index in [4.69, 9.17) is 0 Å². The Hall–Kier alpha value is -0.460. The largest absolute Gasteiger partial charge is 0.241 e.